The predicted molar refractivity (Wildman–Crippen MR) is 143 cm³/mol. The smallest absolute Gasteiger partial charge is 0.399 e. The van der Waals surface area contributed by atoms with Gasteiger partial charge < -0.3 is 18.8 Å². The summed E-state index contributed by atoms with van der Waals surface area (Å²) in [5, 5.41) is -0.139. The second-order valence-corrected chi connectivity index (χ2v) is 19.5. The predicted octanol–water partition coefficient (Wildman–Crippen LogP) is 4.87. The van der Waals surface area contributed by atoms with Crippen LogP contribution in [0.25, 0.3) is 0 Å². The molecule has 2 fully saturated rings. The third-order valence-corrected chi connectivity index (χ3v) is 15.8. The molecule has 2 atom stereocenters. The monoisotopic (exact) mass is 525 g/mol. The van der Waals surface area contributed by atoms with Crippen molar-refractivity contribution in [3.05, 3.63) is 23.8 Å². The highest BCUT2D eigenvalue weighted by atomic mass is 32.2. The Morgan fingerprint density at radius 3 is 2.23 bits per heavy atom. The van der Waals surface area contributed by atoms with Crippen LogP contribution in [0.2, 0.25) is 18.1 Å². The van der Waals surface area contributed by atoms with Crippen LogP contribution in [0.1, 0.15) is 86.3 Å². The van der Waals surface area contributed by atoms with Crippen LogP contribution in [0, 0.1) is 0 Å². The van der Waals surface area contributed by atoms with Crippen LogP contribution in [0.5, 0.6) is 0 Å². The van der Waals surface area contributed by atoms with Crippen LogP contribution in [0.15, 0.2) is 23.1 Å². The second kappa shape index (κ2) is 9.85. The van der Waals surface area contributed by atoms with Crippen LogP contribution < -0.4 is 9.85 Å². The first kappa shape index (κ1) is 28.8. The van der Waals surface area contributed by atoms with Crippen molar-refractivity contribution < 1.29 is 27.2 Å². The fourth-order valence-electron chi connectivity index (χ4n) is 3.92. The Morgan fingerprint density at radius 1 is 1.11 bits per heavy atom. The molecule has 1 aromatic rings. The van der Waals surface area contributed by atoms with Crippen molar-refractivity contribution >= 4 is 30.8 Å². The molecule has 35 heavy (non-hydrogen) atoms. The van der Waals surface area contributed by atoms with E-state index in [2.05, 4.69) is 25.2 Å². The average molecular weight is 526 g/mol. The number of benzene rings is 1. The number of ether oxygens (including phenoxy) is 2. The summed E-state index contributed by atoms with van der Waals surface area (Å²) in [5.74, 6) is 0. The largest absolute Gasteiger partial charge is 0.495 e. The van der Waals surface area contributed by atoms with Crippen molar-refractivity contribution in [3.63, 3.8) is 0 Å². The molecule has 2 heterocycles. The van der Waals surface area contributed by atoms with Crippen molar-refractivity contribution in [2.24, 2.45) is 0 Å². The first-order valence-corrected chi connectivity index (χ1v) is 17.2. The van der Waals surface area contributed by atoms with Crippen LogP contribution in [-0.4, -0.2) is 47.9 Å². The number of sulfonamides is 1. The van der Waals surface area contributed by atoms with Gasteiger partial charge in [0, 0.05) is 6.61 Å². The molecule has 0 aromatic heterocycles. The van der Waals surface area contributed by atoms with Crippen molar-refractivity contribution in [1.82, 2.24) is 4.39 Å². The fourth-order valence-corrected chi connectivity index (χ4v) is 8.84. The van der Waals surface area contributed by atoms with E-state index >= 15 is 0 Å². The van der Waals surface area contributed by atoms with E-state index < -0.39 is 42.7 Å². The summed E-state index contributed by atoms with van der Waals surface area (Å²) in [7, 11) is -6.68. The molecule has 1 aromatic carbocycles. The lowest BCUT2D eigenvalue weighted by Gasteiger charge is -2.36. The van der Waals surface area contributed by atoms with E-state index in [0.29, 0.717) is 6.61 Å². The Bertz CT molecular complexity index is 999. The minimum atomic E-state index is -3.73. The van der Waals surface area contributed by atoms with E-state index in [0.717, 1.165) is 30.3 Å². The molecule has 198 valence electrons. The Hall–Kier alpha value is -0.748. The normalized spacial score (nSPS) is 23.9. The Balaban J connectivity index is 2.00. The highest BCUT2D eigenvalue weighted by molar-refractivity contribution is 7.91. The Kier molecular flexibility index (Phi) is 8.11. The summed E-state index contributed by atoms with van der Waals surface area (Å²) in [5.41, 5.74) is 0.481. The molecule has 1 N–H and O–H groups in total. The molecule has 0 bridgehead atoms. The van der Waals surface area contributed by atoms with Gasteiger partial charge in [0.1, 0.15) is 8.24 Å². The third-order valence-electron chi connectivity index (χ3n) is 8.07. The molecular formula is C25H44BNO6SSi. The lowest BCUT2D eigenvalue weighted by molar-refractivity contribution is -0.186. The van der Waals surface area contributed by atoms with Crippen LogP contribution in [0.3, 0.4) is 0 Å². The minimum absolute atomic E-state index is 0.139. The maximum Gasteiger partial charge on any atom is 0.495 e. The van der Waals surface area contributed by atoms with Gasteiger partial charge in [-0.3, -0.25) is 0 Å². The molecule has 0 amide bonds. The molecule has 0 spiro atoms. The van der Waals surface area contributed by atoms with Gasteiger partial charge in [0.2, 0.25) is 10.0 Å². The van der Waals surface area contributed by atoms with Gasteiger partial charge in [-0.1, -0.05) is 39.9 Å². The minimum Gasteiger partial charge on any atom is -0.399 e. The fraction of sp³-hybridized carbons (Fsp3) is 0.760. The topological polar surface area (TPSA) is 83.1 Å². The second-order valence-electron chi connectivity index (χ2n) is 12.4. The lowest BCUT2D eigenvalue weighted by Crippen LogP contribution is -2.54. The standard InChI is InChI=1S/C25H44BNO6SSi/c1-18(31-22-13-11-12-16-30-22)20-17-19(34(28,29)27-35(9,10)23(2,3)4)14-15-21(20)26-32-24(5,6)25(7,8)33-26/h14-15,17-18,22,27H,11-13,16H2,1-10H3. The SMILES string of the molecule is CC(OC1CCCCO1)c1cc(S(=O)(=O)N[Si](C)(C)C(C)(C)C)ccc1B1OC(C)(C)C(C)(C)O1. The summed E-state index contributed by atoms with van der Waals surface area (Å²) in [6, 6.07) is 5.16. The van der Waals surface area contributed by atoms with Gasteiger partial charge in [0.05, 0.1) is 22.2 Å². The molecule has 2 aliphatic rings. The van der Waals surface area contributed by atoms with Gasteiger partial charge >= 0.3 is 7.12 Å². The average Bonchev–Trinajstić information content (AvgIpc) is 2.93. The van der Waals surface area contributed by atoms with Gasteiger partial charge in [-0.25, -0.2) is 12.8 Å². The van der Waals surface area contributed by atoms with E-state index in [4.69, 9.17) is 18.8 Å². The maximum atomic E-state index is 13.5. The number of hydrogen-bond donors (Lipinski definition) is 1. The molecule has 2 aliphatic heterocycles. The Morgan fingerprint density at radius 2 is 1.71 bits per heavy atom. The van der Waals surface area contributed by atoms with E-state index in [9.17, 15) is 8.42 Å². The van der Waals surface area contributed by atoms with Crippen LogP contribution in [-0.2, 0) is 28.8 Å². The van der Waals surface area contributed by atoms with Crippen molar-refractivity contribution in [1.29, 1.82) is 0 Å². The number of rotatable bonds is 7. The van der Waals surface area contributed by atoms with Gasteiger partial charge in [-0.15, -0.1) is 0 Å². The number of nitrogens with one attached hydrogen (secondary N) is 1. The highest BCUT2D eigenvalue weighted by Crippen LogP contribution is 2.38. The molecule has 0 radical (unpaired) electrons. The van der Waals surface area contributed by atoms with Crippen molar-refractivity contribution in [2.75, 3.05) is 6.61 Å². The van der Waals surface area contributed by atoms with Crippen molar-refractivity contribution in [3.8, 4) is 0 Å². The summed E-state index contributed by atoms with van der Waals surface area (Å²) >= 11 is 0. The van der Waals surface area contributed by atoms with Gasteiger partial charge in [0.25, 0.3) is 0 Å². The molecular weight excluding hydrogens is 481 g/mol. The maximum absolute atomic E-state index is 13.5. The lowest BCUT2D eigenvalue weighted by atomic mass is 9.75. The number of hydrogen-bond acceptors (Lipinski definition) is 6. The first-order valence-electron chi connectivity index (χ1n) is 12.7. The third kappa shape index (κ3) is 6.22. The van der Waals surface area contributed by atoms with Gasteiger partial charge in [0.15, 0.2) is 6.29 Å². The summed E-state index contributed by atoms with van der Waals surface area (Å²) in [6.45, 7) is 20.9. The van der Waals surface area contributed by atoms with Crippen molar-refractivity contribution in [2.45, 2.75) is 121 Å². The van der Waals surface area contributed by atoms with E-state index in [1.165, 1.54) is 0 Å². The van der Waals surface area contributed by atoms with Crippen LogP contribution in [0.4, 0.5) is 0 Å². The van der Waals surface area contributed by atoms with E-state index in [1.54, 1.807) is 18.2 Å². The Labute approximate surface area is 213 Å². The van der Waals surface area contributed by atoms with E-state index in [-0.39, 0.29) is 16.2 Å². The molecule has 0 saturated carbocycles. The zero-order chi connectivity index (χ0) is 26.4. The summed E-state index contributed by atoms with van der Waals surface area (Å²) in [6.07, 6.45) is 2.18. The van der Waals surface area contributed by atoms with E-state index in [1.807, 2.05) is 47.7 Å². The zero-order valence-electron chi connectivity index (χ0n) is 23.2. The molecule has 2 unspecified atom stereocenters. The highest BCUT2D eigenvalue weighted by Gasteiger charge is 2.52. The quantitative estimate of drug-likeness (QED) is 0.512. The molecule has 7 nitrogen and oxygen atoms in total. The molecule has 2 saturated heterocycles. The molecule has 3 rings (SSSR count). The van der Waals surface area contributed by atoms with Gasteiger partial charge in [-0.05, 0) is 82.1 Å². The molecule has 0 aliphatic carbocycles. The summed E-state index contributed by atoms with van der Waals surface area (Å²) < 4.78 is 54.7. The zero-order valence-corrected chi connectivity index (χ0v) is 25.0. The molecule has 10 heteroatoms. The first-order chi connectivity index (χ1) is 15.9. The van der Waals surface area contributed by atoms with Gasteiger partial charge in [-0.2, -0.15) is 0 Å². The summed E-state index contributed by atoms with van der Waals surface area (Å²) in [4.78, 5) is 0.220. The van der Waals surface area contributed by atoms with Crippen LogP contribution >= 0.6 is 0 Å².